The molecule has 0 spiro atoms. The predicted octanol–water partition coefficient (Wildman–Crippen LogP) is 2.47. The summed E-state index contributed by atoms with van der Waals surface area (Å²) in [5.41, 5.74) is -0.508. The maximum absolute atomic E-state index is 13.4. The summed E-state index contributed by atoms with van der Waals surface area (Å²) in [4.78, 5) is 12.5. The molecule has 7 nitrogen and oxygen atoms in total. The molecule has 1 amide bonds. The van der Waals surface area contributed by atoms with Crippen LogP contribution in [0.4, 0.5) is 10.1 Å². The van der Waals surface area contributed by atoms with E-state index in [0.717, 1.165) is 6.07 Å². The number of nitrogens with zero attached hydrogens (tertiary/aromatic N) is 2. The number of aromatic nitrogens is 1. The fourth-order valence-electron chi connectivity index (χ4n) is 2.79. The number of halogens is 1. The normalized spacial score (nSPS) is 11.9. The number of hydrogen-bond acceptors (Lipinski definition) is 5. The number of aliphatic hydroxyl groups excluding tert-OH is 1. The van der Waals surface area contributed by atoms with Gasteiger partial charge in [-0.05, 0) is 36.1 Å². The second kappa shape index (κ2) is 8.12. The molecule has 150 valence electrons. The van der Waals surface area contributed by atoms with Crippen molar-refractivity contribution >= 4 is 21.4 Å². The van der Waals surface area contributed by atoms with Crippen LogP contribution in [0.25, 0.3) is 0 Å². The zero-order valence-electron chi connectivity index (χ0n) is 15.9. The van der Waals surface area contributed by atoms with Gasteiger partial charge in [-0.3, -0.25) is 4.79 Å². The molecule has 0 atom stereocenters. The lowest BCUT2D eigenvalue weighted by Gasteiger charge is -2.22. The summed E-state index contributed by atoms with van der Waals surface area (Å²) in [6.07, 6.45) is 1.68. The van der Waals surface area contributed by atoms with Gasteiger partial charge >= 0.3 is 0 Å². The SMILES string of the molecule is Cn1cc(S(=O)(=O)CC(C)(C)CCO)cc1C(=O)Nc1ccc(F)c(C#N)c1. The maximum atomic E-state index is 13.4. The van der Waals surface area contributed by atoms with E-state index in [1.165, 1.54) is 36.0 Å². The third-order valence-corrected chi connectivity index (χ3v) is 6.39. The topological polar surface area (TPSA) is 112 Å². The maximum Gasteiger partial charge on any atom is 0.272 e. The molecule has 0 bridgehead atoms. The van der Waals surface area contributed by atoms with Gasteiger partial charge in [0, 0.05) is 25.5 Å². The van der Waals surface area contributed by atoms with Crippen molar-refractivity contribution in [1.29, 1.82) is 5.26 Å². The lowest BCUT2D eigenvalue weighted by atomic mass is 9.93. The van der Waals surface area contributed by atoms with Crippen LogP contribution in [-0.2, 0) is 16.9 Å². The number of nitriles is 1. The highest BCUT2D eigenvalue weighted by atomic mass is 32.2. The minimum atomic E-state index is -3.67. The molecule has 1 aromatic heterocycles. The lowest BCUT2D eigenvalue weighted by molar-refractivity contribution is 0.101. The molecule has 0 radical (unpaired) electrons. The van der Waals surface area contributed by atoms with E-state index < -0.39 is 27.0 Å². The van der Waals surface area contributed by atoms with Crippen LogP contribution in [0.5, 0.6) is 0 Å². The first-order chi connectivity index (χ1) is 13.0. The number of benzene rings is 1. The van der Waals surface area contributed by atoms with Crippen molar-refractivity contribution in [3.63, 3.8) is 0 Å². The monoisotopic (exact) mass is 407 g/mol. The second-order valence-electron chi connectivity index (χ2n) is 7.33. The number of amides is 1. The lowest BCUT2D eigenvalue weighted by Crippen LogP contribution is -2.25. The number of carbonyl (C=O) groups excluding carboxylic acids is 1. The Balaban J connectivity index is 2.26. The van der Waals surface area contributed by atoms with Crippen LogP contribution < -0.4 is 5.32 Å². The van der Waals surface area contributed by atoms with Crippen LogP contribution in [-0.4, -0.2) is 36.4 Å². The molecule has 1 aromatic carbocycles. The Hall–Kier alpha value is -2.70. The smallest absolute Gasteiger partial charge is 0.272 e. The van der Waals surface area contributed by atoms with Crippen LogP contribution in [0.1, 0.15) is 36.3 Å². The Kier molecular flexibility index (Phi) is 6.27. The molecule has 9 heteroatoms. The van der Waals surface area contributed by atoms with E-state index in [-0.39, 0.29) is 34.2 Å². The van der Waals surface area contributed by atoms with E-state index in [4.69, 9.17) is 10.4 Å². The van der Waals surface area contributed by atoms with Gasteiger partial charge in [0.2, 0.25) is 0 Å². The fourth-order valence-corrected chi connectivity index (χ4v) is 4.74. The number of aryl methyl sites for hydroxylation is 1. The number of nitrogens with one attached hydrogen (secondary N) is 1. The quantitative estimate of drug-likeness (QED) is 0.732. The van der Waals surface area contributed by atoms with Gasteiger partial charge in [-0.1, -0.05) is 13.8 Å². The minimum Gasteiger partial charge on any atom is -0.396 e. The van der Waals surface area contributed by atoms with Crippen LogP contribution >= 0.6 is 0 Å². The van der Waals surface area contributed by atoms with E-state index in [9.17, 15) is 17.6 Å². The largest absolute Gasteiger partial charge is 0.396 e. The Morgan fingerprint density at radius 2 is 2.04 bits per heavy atom. The molecule has 0 aliphatic carbocycles. The van der Waals surface area contributed by atoms with Crippen molar-refractivity contribution in [2.75, 3.05) is 17.7 Å². The van der Waals surface area contributed by atoms with Crippen molar-refractivity contribution in [2.45, 2.75) is 25.2 Å². The van der Waals surface area contributed by atoms with Crippen molar-refractivity contribution in [3.05, 3.63) is 47.5 Å². The molecular formula is C19H22FN3O4S. The van der Waals surface area contributed by atoms with Gasteiger partial charge in [-0.15, -0.1) is 0 Å². The van der Waals surface area contributed by atoms with E-state index in [2.05, 4.69) is 5.32 Å². The van der Waals surface area contributed by atoms with Gasteiger partial charge in [0.05, 0.1) is 16.2 Å². The highest BCUT2D eigenvalue weighted by molar-refractivity contribution is 7.91. The number of carbonyl (C=O) groups is 1. The third-order valence-electron chi connectivity index (χ3n) is 4.29. The number of sulfone groups is 1. The summed E-state index contributed by atoms with van der Waals surface area (Å²) in [6, 6.07) is 6.54. The fraction of sp³-hybridized carbons (Fsp3) is 0.368. The average Bonchev–Trinajstić information content (AvgIpc) is 2.98. The molecule has 0 aliphatic rings. The molecular weight excluding hydrogens is 385 g/mol. The molecule has 2 aromatic rings. The molecule has 2 N–H and O–H groups in total. The van der Waals surface area contributed by atoms with Crippen LogP contribution in [0.3, 0.4) is 0 Å². The Bertz CT molecular complexity index is 1040. The highest BCUT2D eigenvalue weighted by Gasteiger charge is 2.29. The van der Waals surface area contributed by atoms with Gasteiger partial charge in [-0.25, -0.2) is 12.8 Å². The predicted molar refractivity (Wildman–Crippen MR) is 102 cm³/mol. The first-order valence-corrected chi connectivity index (χ1v) is 10.2. The van der Waals surface area contributed by atoms with Crippen LogP contribution in [0.2, 0.25) is 0 Å². The van der Waals surface area contributed by atoms with E-state index in [1.807, 2.05) is 0 Å². The number of anilines is 1. The van der Waals surface area contributed by atoms with Crippen LogP contribution in [0, 0.1) is 22.6 Å². The number of rotatable bonds is 7. The summed E-state index contributed by atoms with van der Waals surface area (Å²) in [5.74, 6) is -1.46. The van der Waals surface area contributed by atoms with E-state index in [1.54, 1.807) is 19.9 Å². The van der Waals surface area contributed by atoms with E-state index >= 15 is 0 Å². The molecule has 0 fully saturated rings. The Morgan fingerprint density at radius 1 is 1.36 bits per heavy atom. The zero-order chi connectivity index (χ0) is 21.1. The highest BCUT2D eigenvalue weighted by Crippen LogP contribution is 2.27. The minimum absolute atomic E-state index is 0.00276. The van der Waals surface area contributed by atoms with Gasteiger partial charge in [0.25, 0.3) is 5.91 Å². The molecule has 2 rings (SSSR count). The molecule has 0 saturated carbocycles. The van der Waals surface area contributed by atoms with Crippen molar-refractivity contribution in [3.8, 4) is 6.07 Å². The Morgan fingerprint density at radius 3 is 2.64 bits per heavy atom. The number of aliphatic hydroxyl groups is 1. The van der Waals surface area contributed by atoms with Gasteiger partial charge in [0.1, 0.15) is 17.6 Å². The van der Waals surface area contributed by atoms with Gasteiger partial charge < -0.3 is 15.0 Å². The summed E-state index contributed by atoms with van der Waals surface area (Å²) >= 11 is 0. The zero-order valence-corrected chi connectivity index (χ0v) is 16.7. The van der Waals surface area contributed by atoms with Crippen molar-refractivity contribution < 1.29 is 22.7 Å². The number of hydrogen-bond donors (Lipinski definition) is 2. The van der Waals surface area contributed by atoms with Gasteiger partial charge in [0.15, 0.2) is 9.84 Å². The molecule has 0 saturated heterocycles. The third kappa shape index (κ3) is 4.97. The summed E-state index contributed by atoms with van der Waals surface area (Å²) in [6.45, 7) is 3.38. The molecule has 0 unspecified atom stereocenters. The first kappa shape index (κ1) is 21.6. The van der Waals surface area contributed by atoms with Crippen LogP contribution in [0.15, 0.2) is 35.4 Å². The standard InChI is InChI=1S/C19H22FN3O4S/c1-19(2,6-7-24)12-28(26,27)15-9-17(23(3)11-15)18(25)22-14-4-5-16(20)13(8-14)10-21/h4-5,8-9,11,24H,6-7,12H2,1-3H3,(H,22,25). The first-order valence-electron chi connectivity index (χ1n) is 8.50. The molecule has 0 aliphatic heterocycles. The summed E-state index contributed by atoms with van der Waals surface area (Å²) < 4.78 is 40.2. The van der Waals surface area contributed by atoms with Gasteiger partial charge in [-0.2, -0.15) is 5.26 Å². The van der Waals surface area contributed by atoms with E-state index in [0.29, 0.717) is 6.42 Å². The average molecular weight is 407 g/mol. The molecule has 1 heterocycles. The summed E-state index contributed by atoms with van der Waals surface area (Å²) in [7, 11) is -2.13. The molecule has 28 heavy (non-hydrogen) atoms. The summed E-state index contributed by atoms with van der Waals surface area (Å²) in [5, 5.41) is 20.5. The van der Waals surface area contributed by atoms with Crippen molar-refractivity contribution in [2.24, 2.45) is 12.5 Å². The Labute approximate surface area is 163 Å². The van der Waals surface area contributed by atoms with Crippen molar-refractivity contribution in [1.82, 2.24) is 4.57 Å². The second-order valence-corrected chi connectivity index (χ2v) is 9.32.